The normalized spacial score (nSPS) is 20.5. The molecule has 1 fully saturated rings. The molecule has 1 atom stereocenters. The molecule has 6 nitrogen and oxygen atoms in total. The number of rotatable bonds is 2. The van der Waals surface area contributed by atoms with Crippen molar-refractivity contribution in [2.45, 2.75) is 18.9 Å². The fraction of sp³-hybridized carbons (Fsp3) is 0.364. The SMILES string of the molecule is CN1C(=O)CCC(Nc2ccnc(N)c2)C1=O. The van der Waals surface area contributed by atoms with Gasteiger partial charge in [0.05, 0.1) is 0 Å². The number of aromatic nitrogens is 1. The maximum Gasteiger partial charge on any atom is 0.251 e. The third-order valence-corrected chi connectivity index (χ3v) is 2.77. The number of carbonyl (C=O) groups is 2. The molecule has 6 heteroatoms. The lowest BCUT2D eigenvalue weighted by molar-refractivity contribution is -0.146. The zero-order chi connectivity index (χ0) is 12.4. The number of piperidine rings is 1. The molecular formula is C11H14N4O2. The Hall–Kier alpha value is -2.11. The molecule has 2 heterocycles. The van der Waals surface area contributed by atoms with E-state index in [9.17, 15) is 9.59 Å². The molecule has 0 radical (unpaired) electrons. The molecule has 3 N–H and O–H groups in total. The largest absolute Gasteiger partial charge is 0.384 e. The summed E-state index contributed by atoms with van der Waals surface area (Å²) in [4.78, 5) is 28.2. The van der Waals surface area contributed by atoms with Crippen LogP contribution in [0, 0.1) is 0 Å². The minimum Gasteiger partial charge on any atom is -0.384 e. The van der Waals surface area contributed by atoms with Crippen molar-refractivity contribution in [3.63, 3.8) is 0 Å². The van der Waals surface area contributed by atoms with Gasteiger partial charge in [-0.05, 0) is 12.5 Å². The summed E-state index contributed by atoms with van der Waals surface area (Å²) in [7, 11) is 1.50. The molecule has 1 saturated heterocycles. The number of nitrogens with one attached hydrogen (secondary N) is 1. The van der Waals surface area contributed by atoms with E-state index in [4.69, 9.17) is 5.73 Å². The number of nitrogens with two attached hydrogens (primary N) is 1. The third-order valence-electron chi connectivity index (χ3n) is 2.77. The summed E-state index contributed by atoms with van der Waals surface area (Å²) >= 11 is 0. The predicted molar refractivity (Wildman–Crippen MR) is 63.1 cm³/mol. The number of amides is 2. The molecule has 90 valence electrons. The van der Waals surface area contributed by atoms with Gasteiger partial charge < -0.3 is 11.1 Å². The van der Waals surface area contributed by atoms with E-state index in [1.165, 1.54) is 7.05 Å². The Balaban J connectivity index is 2.09. The Kier molecular flexibility index (Phi) is 2.95. The monoisotopic (exact) mass is 234 g/mol. The number of hydrogen-bond acceptors (Lipinski definition) is 5. The summed E-state index contributed by atoms with van der Waals surface area (Å²) in [6.45, 7) is 0. The number of likely N-dealkylation sites (tertiary alicyclic amines) is 1. The molecule has 2 rings (SSSR count). The van der Waals surface area contributed by atoms with Crippen LogP contribution in [0.25, 0.3) is 0 Å². The fourth-order valence-electron chi connectivity index (χ4n) is 1.79. The molecule has 1 aromatic rings. The lowest BCUT2D eigenvalue weighted by Gasteiger charge is -2.28. The van der Waals surface area contributed by atoms with Gasteiger partial charge in [0.15, 0.2) is 0 Å². The Morgan fingerprint density at radius 2 is 2.29 bits per heavy atom. The van der Waals surface area contributed by atoms with Crippen LogP contribution >= 0.6 is 0 Å². The van der Waals surface area contributed by atoms with Gasteiger partial charge in [0.25, 0.3) is 5.91 Å². The summed E-state index contributed by atoms with van der Waals surface area (Å²) < 4.78 is 0. The number of likely N-dealkylation sites (N-methyl/N-ethyl adjacent to an activating group) is 1. The van der Waals surface area contributed by atoms with Crippen molar-refractivity contribution >= 4 is 23.3 Å². The summed E-state index contributed by atoms with van der Waals surface area (Å²) in [6, 6.07) is 3.02. The predicted octanol–water partition coefficient (Wildman–Crippen LogP) is 0.223. The van der Waals surface area contributed by atoms with Gasteiger partial charge in [-0.15, -0.1) is 0 Å². The topological polar surface area (TPSA) is 88.3 Å². The van der Waals surface area contributed by atoms with E-state index < -0.39 is 0 Å². The molecule has 17 heavy (non-hydrogen) atoms. The van der Waals surface area contributed by atoms with Crippen molar-refractivity contribution < 1.29 is 9.59 Å². The van der Waals surface area contributed by atoms with Crippen molar-refractivity contribution in [2.24, 2.45) is 0 Å². The van der Waals surface area contributed by atoms with Crippen molar-refractivity contribution in [1.82, 2.24) is 9.88 Å². The van der Waals surface area contributed by atoms with Crippen molar-refractivity contribution in [1.29, 1.82) is 0 Å². The maximum atomic E-state index is 11.8. The highest BCUT2D eigenvalue weighted by atomic mass is 16.2. The lowest BCUT2D eigenvalue weighted by Crippen LogP contribution is -2.48. The average Bonchev–Trinajstić information content (AvgIpc) is 2.30. The smallest absolute Gasteiger partial charge is 0.251 e. The number of carbonyl (C=O) groups excluding carboxylic acids is 2. The van der Waals surface area contributed by atoms with E-state index in [0.717, 1.165) is 10.6 Å². The van der Waals surface area contributed by atoms with Crippen LogP contribution in [0.2, 0.25) is 0 Å². The first-order valence-corrected chi connectivity index (χ1v) is 5.36. The number of hydrogen-bond donors (Lipinski definition) is 2. The Labute approximate surface area is 98.8 Å². The Morgan fingerprint density at radius 3 is 3.00 bits per heavy atom. The quantitative estimate of drug-likeness (QED) is 0.715. The fourth-order valence-corrected chi connectivity index (χ4v) is 1.79. The van der Waals surface area contributed by atoms with Crippen molar-refractivity contribution in [2.75, 3.05) is 18.1 Å². The Morgan fingerprint density at radius 1 is 1.53 bits per heavy atom. The number of nitrogen functional groups attached to an aromatic ring is 1. The number of anilines is 2. The van der Waals surface area contributed by atoms with Gasteiger partial charge in [0.1, 0.15) is 11.9 Å². The average molecular weight is 234 g/mol. The molecule has 1 aromatic heterocycles. The highest BCUT2D eigenvalue weighted by molar-refractivity contribution is 6.01. The molecule has 0 aromatic carbocycles. The van der Waals surface area contributed by atoms with Crippen LogP contribution in [0.5, 0.6) is 0 Å². The summed E-state index contributed by atoms with van der Waals surface area (Å²) in [6.07, 6.45) is 2.45. The van der Waals surface area contributed by atoms with E-state index in [0.29, 0.717) is 18.7 Å². The molecular weight excluding hydrogens is 220 g/mol. The van der Waals surface area contributed by atoms with Gasteiger partial charge in [-0.3, -0.25) is 14.5 Å². The van der Waals surface area contributed by atoms with Gasteiger partial charge in [-0.2, -0.15) is 0 Å². The van der Waals surface area contributed by atoms with Crippen LogP contribution in [0.3, 0.4) is 0 Å². The zero-order valence-corrected chi connectivity index (χ0v) is 9.51. The second-order valence-electron chi connectivity index (χ2n) is 4.00. The van der Waals surface area contributed by atoms with Crippen LogP contribution in [0.15, 0.2) is 18.3 Å². The van der Waals surface area contributed by atoms with Gasteiger partial charge in [0, 0.05) is 31.4 Å². The number of nitrogens with zero attached hydrogens (tertiary/aromatic N) is 2. The molecule has 0 aliphatic carbocycles. The molecule has 2 amide bonds. The van der Waals surface area contributed by atoms with E-state index in [-0.39, 0.29) is 17.9 Å². The van der Waals surface area contributed by atoms with Crippen molar-refractivity contribution in [3.05, 3.63) is 18.3 Å². The van der Waals surface area contributed by atoms with Crippen LogP contribution in [0.1, 0.15) is 12.8 Å². The van der Waals surface area contributed by atoms with Crippen LogP contribution in [-0.2, 0) is 9.59 Å². The molecule has 0 spiro atoms. The number of pyridine rings is 1. The summed E-state index contributed by atoms with van der Waals surface area (Å²) in [5.41, 5.74) is 6.28. The van der Waals surface area contributed by atoms with E-state index in [1.54, 1.807) is 18.3 Å². The van der Waals surface area contributed by atoms with Gasteiger partial charge >= 0.3 is 0 Å². The first-order chi connectivity index (χ1) is 8.08. The van der Waals surface area contributed by atoms with E-state index in [1.807, 2.05) is 0 Å². The molecule has 1 aliphatic rings. The lowest BCUT2D eigenvalue weighted by atomic mass is 10.0. The van der Waals surface area contributed by atoms with Gasteiger partial charge in [-0.25, -0.2) is 4.98 Å². The molecule has 1 aliphatic heterocycles. The van der Waals surface area contributed by atoms with E-state index >= 15 is 0 Å². The maximum absolute atomic E-state index is 11.8. The first-order valence-electron chi connectivity index (χ1n) is 5.36. The van der Waals surface area contributed by atoms with Crippen molar-refractivity contribution in [3.8, 4) is 0 Å². The second kappa shape index (κ2) is 4.40. The third kappa shape index (κ3) is 2.35. The molecule has 1 unspecified atom stereocenters. The highest BCUT2D eigenvalue weighted by Gasteiger charge is 2.31. The minimum absolute atomic E-state index is 0.137. The van der Waals surface area contributed by atoms with Gasteiger partial charge in [-0.1, -0.05) is 0 Å². The second-order valence-corrected chi connectivity index (χ2v) is 4.00. The first kappa shape index (κ1) is 11.4. The minimum atomic E-state index is -0.375. The van der Waals surface area contributed by atoms with Crippen LogP contribution in [0.4, 0.5) is 11.5 Å². The molecule has 0 saturated carbocycles. The van der Waals surface area contributed by atoms with Crippen LogP contribution in [-0.4, -0.2) is 34.8 Å². The highest BCUT2D eigenvalue weighted by Crippen LogP contribution is 2.17. The summed E-state index contributed by atoms with van der Waals surface area (Å²) in [5.74, 6) is 0.0432. The molecule has 0 bridgehead atoms. The Bertz CT molecular complexity index is 461. The zero-order valence-electron chi connectivity index (χ0n) is 9.51. The number of imide groups is 1. The standard InChI is InChI=1S/C11H14N4O2/c1-15-10(16)3-2-8(11(15)17)14-7-4-5-13-9(12)6-7/h4-6,8H,2-3H2,1H3,(H3,12,13,14). The van der Waals surface area contributed by atoms with E-state index in [2.05, 4.69) is 10.3 Å². The van der Waals surface area contributed by atoms with Crippen LogP contribution < -0.4 is 11.1 Å². The summed E-state index contributed by atoms with van der Waals surface area (Å²) in [5, 5.41) is 3.06. The van der Waals surface area contributed by atoms with Gasteiger partial charge in [0.2, 0.25) is 5.91 Å².